The van der Waals surface area contributed by atoms with E-state index >= 15 is 0 Å². The molecule has 1 aromatic heterocycles. The number of fused-ring (bicyclic) bond motifs is 3. The van der Waals surface area contributed by atoms with Crippen molar-refractivity contribution in [3.8, 4) is 0 Å². The highest BCUT2D eigenvalue weighted by molar-refractivity contribution is 5.89. The van der Waals surface area contributed by atoms with Gasteiger partial charge in [-0.25, -0.2) is 9.59 Å². The average molecular weight is 746 g/mol. The minimum atomic E-state index is -1.60. The first kappa shape index (κ1) is 39.4. The first-order valence-electron chi connectivity index (χ1n) is 18.6. The largest absolute Gasteiger partial charge is 0.502 e. The van der Waals surface area contributed by atoms with Crippen LogP contribution in [-0.4, -0.2) is 103 Å². The fourth-order valence-corrected chi connectivity index (χ4v) is 10.8. The predicted molar refractivity (Wildman–Crippen MR) is 187 cm³/mol. The van der Waals surface area contributed by atoms with Gasteiger partial charge in [0.05, 0.1) is 42.5 Å². The molecule has 0 bridgehead atoms. The highest BCUT2D eigenvalue weighted by Gasteiger charge is 2.70. The van der Waals surface area contributed by atoms with Crippen LogP contribution in [0.1, 0.15) is 89.3 Å². The van der Waals surface area contributed by atoms with Crippen molar-refractivity contribution in [1.29, 1.82) is 0 Å². The molecule has 1 saturated heterocycles. The standard InChI is InChI=1S/C39H55NO13/c1-20-8-12-26-37(4,32(20)31-33(43)36(46)53-35(31)45)15-14-27-38(26,5)28(42)16-29(52-22(3)41)39(27,18-49-30-13-11-25(48-7)21(2)51-30)19-50-34(44)24-10-9-23(40-24)17-47-6/h8-10,21,25-30,32,35,40,42-43,45H,11-19H2,1-7H3/t21-,25+,26+,27+,28-,29+,30+,32-,35?,37+,38-,39-/m0/s1. The Bertz CT molecular complexity index is 1620. The number of carbonyl (C=O) groups is 3. The van der Waals surface area contributed by atoms with Crippen LogP contribution in [0.15, 0.2) is 35.1 Å². The van der Waals surface area contributed by atoms with E-state index in [4.69, 9.17) is 33.2 Å². The highest BCUT2D eigenvalue weighted by atomic mass is 16.7. The van der Waals surface area contributed by atoms with Gasteiger partial charge in [-0.05, 0) is 68.9 Å². The van der Waals surface area contributed by atoms with Crippen LogP contribution >= 0.6 is 0 Å². The number of carbonyl (C=O) groups excluding carboxylic acids is 3. The monoisotopic (exact) mass is 745 g/mol. The van der Waals surface area contributed by atoms with E-state index < -0.39 is 76.5 Å². The number of rotatable bonds is 11. The fraction of sp³-hybridized carbons (Fsp3) is 0.718. The number of allylic oxidation sites excluding steroid dienone is 2. The van der Waals surface area contributed by atoms with Gasteiger partial charge in [-0.15, -0.1) is 0 Å². The van der Waals surface area contributed by atoms with Crippen LogP contribution in [0.4, 0.5) is 0 Å². The number of aliphatic hydroxyl groups excluding tert-OH is 3. The molecule has 14 nitrogen and oxygen atoms in total. The second-order valence-corrected chi connectivity index (χ2v) is 16.1. The summed E-state index contributed by atoms with van der Waals surface area (Å²) in [7, 11) is 3.21. The highest BCUT2D eigenvalue weighted by Crippen LogP contribution is 2.70. The fourth-order valence-electron chi connectivity index (χ4n) is 10.8. The molecule has 2 aliphatic heterocycles. The number of aromatic nitrogens is 1. The Kier molecular flexibility index (Phi) is 11.2. The van der Waals surface area contributed by atoms with Gasteiger partial charge < -0.3 is 53.5 Å². The lowest BCUT2D eigenvalue weighted by atomic mass is 9.38. The molecule has 4 N–H and O–H groups in total. The van der Waals surface area contributed by atoms with Crippen LogP contribution in [0.2, 0.25) is 0 Å². The zero-order chi connectivity index (χ0) is 38.5. The van der Waals surface area contributed by atoms with Gasteiger partial charge in [0.25, 0.3) is 0 Å². The second kappa shape index (κ2) is 15.1. The Balaban J connectivity index is 1.41. The van der Waals surface area contributed by atoms with Crippen LogP contribution in [-0.2, 0) is 49.4 Å². The molecular weight excluding hydrogens is 690 g/mol. The van der Waals surface area contributed by atoms with E-state index in [2.05, 4.69) is 11.9 Å². The van der Waals surface area contributed by atoms with Gasteiger partial charge in [0.15, 0.2) is 6.29 Å². The SMILES string of the molecule is COCc1ccc(C(=O)OC[C@]2(CO[C@H]3CC[C@@H](OC)[C@H](C)O3)[C@H](OC(C)=O)C[C@H](O)[C@@]3(C)[C@@H]4CC=C(C)[C@@H](C5=C(O)C(=O)OC5O)[C@]4(C)CC[C@@H]23)[nH]1. The quantitative estimate of drug-likeness (QED) is 0.143. The first-order valence-corrected chi connectivity index (χ1v) is 18.6. The lowest BCUT2D eigenvalue weighted by molar-refractivity contribution is -0.285. The van der Waals surface area contributed by atoms with Crippen molar-refractivity contribution in [3.05, 3.63) is 46.5 Å². The van der Waals surface area contributed by atoms with Gasteiger partial charge in [0.1, 0.15) is 18.4 Å². The summed E-state index contributed by atoms with van der Waals surface area (Å²) in [4.78, 5) is 41.9. The maximum absolute atomic E-state index is 13.7. The molecule has 1 aromatic rings. The molecule has 0 aromatic carbocycles. The Morgan fingerprint density at radius 3 is 2.47 bits per heavy atom. The molecule has 53 heavy (non-hydrogen) atoms. The molecule has 14 heteroatoms. The maximum atomic E-state index is 13.7. The maximum Gasteiger partial charge on any atom is 0.376 e. The summed E-state index contributed by atoms with van der Waals surface area (Å²) in [6.07, 6.45) is 0.521. The van der Waals surface area contributed by atoms with E-state index in [-0.39, 0.29) is 55.6 Å². The number of esters is 3. The summed E-state index contributed by atoms with van der Waals surface area (Å²) in [5.41, 5.74) is -0.738. The number of cyclic esters (lactones) is 1. The summed E-state index contributed by atoms with van der Waals surface area (Å²) in [5, 5.41) is 34.0. The lowest BCUT2D eigenvalue weighted by Crippen LogP contribution is -2.69. The summed E-state index contributed by atoms with van der Waals surface area (Å²) in [6, 6.07) is 3.37. The van der Waals surface area contributed by atoms with Gasteiger partial charge >= 0.3 is 17.9 Å². The number of aliphatic hydroxyl groups is 3. The van der Waals surface area contributed by atoms with E-state index in [1.54, 1.807) is 26.4 Å². The Morgan fingerprint density at radius 1 is 1.08 bits per heavy atom. The Hall–Kier alpha value is -3.27. The van der Waals surface area contributed by atoms with Crippen LogP contribution in [0.25, 0.3) is 0 Å². The van der Waals surface area contributed by atoms with Crippen molar-refractivity contribution in [2.24, 2.45) is 34.0 Å². The van der Waals surface area contributed by atoms with Gasteiger partial charge in [-0.2, -0.15) is 0 Å². The van der Waals surface area contributed by atoms with Crippen molar-refractivity contribution in [2.75, 3.05) is 27.4 Å². The van der Waals surface area contributed by atoms with Crippen LogP contribution < -0.4 is 0 Å². The van der Waals surface area contributed by atoms with Gasteiger partial charge in [-0.1, -0.05) is 25.5 Å². The molecule has 3 aliphatic carbocycles. The molecule has 1 unspecified atom stereocenters. The van der Waals surface area contributed by atoms with Gasteiger partial charge in [0, 0.05) is 51.0 Å². The van der Waals surface area contributed by atoms with Crippen LogP contribution in [0.3, 0.4) is 0 Å². The molecule has 0 amide bonds. The number of methoxy groups -OCH3 is 2. The minimum absolute atomic E-state index is 0.00534. The molecule has 5 aliphatic rings. The minimum Gasteiger partial charge on any atom is -0.502 e. The van der Waals surface area contributed by atoms with E-state index in [1.807, 2.05) is 26.8 Å². The molecule has 2 saturated carbocycles. The summed E-state index contributed by atoms with van der Waals surface area (Å²) in [6.45, 7) is 9.35. The summed E-state index contributed by atoms with van der Waals surface area (Å²) < 4.78 is 40.9. The molecule has 0 spiro atoms. The summed E-state index contributed by atoms with van der Waals surface area (Å²) >= 11 is 0. The number of ether oxygens (including phenoxy) is 7. The van der Waals surface area contributed by atoms with Crippen molar-refractivity contribution >= 4 is 17.9 Å². The smallest absolute Gasteiger partial charge is 0.376 e. The van der Waals surface area contributed by atoms with Crippen molar-refractivity contribution in [1.82, 2.24) is 4.98 Å². The summed E-state index contributed by atoms with van der Waals surface area (Å²) in [5.74, 6) is -3.95. The van der Waals surface area contributed by atoms with Crippen molar-refractivity contribution < 1.29 is 62.9 Å². The zero-order valence-corrected chi connectivity index (χ0v) is 31.7. The lowest BCUT2D eigenvalue weighted by Gasteiger charge is -2.68. The zero-order valence-electron chi connectivity index (χ0n) is 31.7. The number of hydrogen-bond donors (Lipinski definition) is 4. The van der Waals surface area contributed by atoms with Crippen LogP contribution in [0, 0.1) is 34.0 Å². The molecule has 294 valence electrons. The third-order valence-electron chi connectivity index (χ3n) is 13.3. The molecule has 3 fully saturated rings. The predicted octanol–water partition coefficient (Wildman–Crippen LogP) is 4.25. The number of hydrogen-bond acceptors (Lipinski definition) is 13. The normalized spacial score (nSPS) is 39.8. The average Bonchev–Trinajstić information content (AvgIpc) is 3.67. The molecule has 0 radical (unpaired) electrons. The van der Waals surface area contributed by atoms with Crippen molar-refractivity contribution in [2.45, 2.75) is 117 Å². The van der Waals surface area contributed by atoms with Gasteiger partial charge in [0.2, 0.25) is 12.0 Å². The first-order chi connectivity index (χ1) is 25.1. The Morgan fingerprint density at radius 2 is 1.83 bits per heavy atom. The molecule has 3 heterocycles. The van der Waals surface area contributed by atoms with E-state index in [1.165, 1.54) is 6.92 Å². The van der Waals surface area contributed by atoms with Gasteiger partial charge in [-0.3, -0.25) is 4.79 Å². The van der Waals surface area contributed by atoms with E-state index in [9.17, 15) is 29.7 Å². The molecular formula is C39H55NO13. The number of aromatic amines is 1. The topological polar surface area (TPSA) is 192 Å². The number of H-pyrrole nitrogens is 1. The van der Waals surface area contributed by atoms with E-state index in [0.717, 1.165) is 5.57 Å². The Labute approximate surface area is 310 Å². The van der Waals surface area contributed by atoms with E-state index in [0.29, 0.717) is 37.8 Å². The van der Waals surface area contributed by atoms with Crippen LogP contribution in [0.5, 0.6) is 0 Å². The third kappa shape index (κ3) is 6.84. The molecule has 6 rings (SSSR count). The third-order valence-corrected chi connectivity index (χ3v) is 13.3. The number of nitrogens with one attached hydrogen (secondary N) is 1. The second-order valence-electron chi connectivity index (χ2n) is 16.1. The molecule has 12 atom stereocenters. The van der Waals surface area contributed by atoms with Crippen molar-refractivity contribution in [3.63, 3.8) is 0 Å².